The first kappa shape index (κ1) is 16.5. The number of benzene rings is 2. The number of halogens is 1. The average molecular weight is 380 g/mol. The molecular weight excluding hydrogens is 362 g/mol. The van der Waals surface area contributed by atoms with Crippen molar-refractivity contribution in [3.63, 3.8) is 0 Å². The minimum absolute atomic E-state index is 0.719. The molecule has 3 heteroatoms. The molecule has 2 nitrogen and oxygen atoms in total. The number of carbonyl (C=O) groups excluding carboxylic acids is 1. The Morgan fingerprint density at radius 3 is 2.62 bits per heavy atom. The van der Waals surface area contributed by atoms with Crippen LogP contribution in [0.2, 0.25) is 0 Å². The van der Waals surface area contributed by atoms with Crippen LogP contribution in [-0.4, -0.2) is 10.9 Å². The number of fused-ring (bicyclic) bond motifs is 1. The van der Waals surface area contributed by atoms with Gasteiger partial charge in [0.2, 0.25) is 0 Å². The molecule has 0 aliphatic heterocycles. The van der Waals surface area contributed by atoms with E-state index in [9.17, 15) is 4.79 Å². The van der Waals surface area contributed by atoms with E-state index in [2.05, 4.69) is 63.5 Å². The molecule has 0 saturated carbocycles. The molecule has 0 aliphatic rings. The Kier molecular flexibility index (Phi) is 5.17. The third-order valence-electron chi connectivity index (χ3n) is 4.03. The van der Waals surface area contributed by atoms with Crippen LogP contribution in [0.1, 0.15) is 34.3 Å². The lowest BCUT2D eigenvalue weighted by atomic mass is 10.1. The minimum atomic E-state index is 0.719. The molecule has 0 N–H and O–H groups in total. The number of unbranched alkanes of at least 4 members (excludes halogenated alkanes) is 1. The number of hydrogen-bond donors (Lipinski definition) is 0. The first-order valence-corrected chi connectivity index (χ1v) is 8.77. The first-order chi connectivity index (χ1) is 11.7. The van der Waals surface area contributed by atoms with Gasteiger partial charge in [0.25, 0.3) is 0 Å². The second-order valence-electron chi connectivity index (χ2n) is 5.76. The number of rotatable bonds is 4. The van der Waals surface area contributed by atoms with Crippen molar-refractivity contribution >= 4 is 33.1 Å². The monoisotopic (exact) mass is 379 g/mol. The van der Waals surface area contributed by atoms with Gasteiger partial charge in [0, 0.05) is 29.4 Å². The number of hydrogen-bond acceptors (Lipinski definition) is 1. The van der Waals surface area contributed by atoms with Crippen LogP contribution < -0.4 is 0 Å². The SMILES string of the molecule is Cc1ccc(C#CCCCn2c(Br)c(C=O)c3ccccc32)cc1. The van der Waals surface area contributed by atoms with Crippen LogP contribution in [0.3, 0.4) is 0 Å². The number of carbonyl (C=O) groups is 1. The van der Waals surface area contributed by atoms with Gasteiger partial charge < -0.3 is 4.57 Å². The fourth-order valence-corrected chi connectivity index (χ4v) is 3.43. The second-order valence-corrected chi connectivity index (χ2v) is 6.51. The molecule has 3 aromatic rings. The molecule has 0 aliphatic carbocycles. The molecule has 0 atom stereocenters. The number of para-hydroxylation sites is 1. The first-order valence-electron chi connectivity index (χ1n) is 7.98. The van der Waals surface area contributed by atoms with Crippen molar-refractivity contribution in [2.45, 2.75) is 26.3 Å². The zero-order valence-electron chi connectivity index (χ0n) is 13.6. The van der Waals surface area contributed by atoms with Crippen LogP contribution in [0.15, 0.2) is 53.1 Å². The fourth-order valence-electron chi connectivity index (χ4n) is 2.76. The predicted molar refractivity (Wildman–Crippen MR) is 102 cm³/mol. The lowest BCUT2D eigenvalue weighted by molar-refractivity contribution is 0.112. The Bertz CT molecular complexity index is 926. The Labute approximate surface area is 150 Å². The van der Waals surface area contributed by atoms with E-state index in [1.54, 1.807) is 0 Å². The summed E-state index contributed by atoms with van der Waals surface area (Å²) in [4.78, 5) is 11.3. The molecule has 120 valence electrons. The van der Waals surface area contributed by atoms with Gasteiger partial charge in [-0.15, -0.1) is 0 Å². The zero-order valence-corrected chi connectivity index (χ0v) is 15.1. The standard InChI is InChI=1S/C21H18BrNO/c1-16-10-12-17(13-11-16)7-3-2-6-14-23-20-9-5-4-8-18(20)19(15-24)21(23)22/h4-5,8-13,15H,2,6,14H2,1H3. The maximum atomic E-state index is 11.3. The van der Waals surface area contributed by atoms with Crippen LogP contribution >= 0.6 is 15.9 Å². The van der Waals surface area contributed by atoms with Crippen molar-refractivity contribution in [3.05, 3.63) is 69.8 Å². The summed E-state index contributed by atoms with van der Waals surface area (Å²) in [5, 5.41) is 0.991. The molecule has 24 heavy (non-hydrogen) atoms. The molecule has 0 bridgehead atoms. The molecule has 0 radical (unpaired) electrons. The Morgan fingerprint density at radius 1 is 1.12 bits per heavy atom. The molecule has 0 amide bonds. The van der Waals surface area contributed by atoms with Crippen molar-refractivity contribution in [1.82, 2.24) is 4.57 Å². The highest BCUT2D eigenvalue weighted by Gasteiger charge is 2.13. The van der Waals surface area contributed by atoms with Gasteiger partial charge in [0.15, 0.2) is 6.29 Å². The van der Waals surface area contributed by atoms with E-state index in [0.29, 0.717) is 0 Å². The zero-order chi connectivity index (χ0) is 16.9. The van der Waals surface area contributed by atoms with Crippen molar-refractivity contribution in [3.8, 4) is 11.8 Å². The van der Waals surface area contributed by atoms with Crippen LogP contribution in [0.4, 0.5) is 0 Å². The van der Waals surface area contributed by atoms with Crippen LogP contribution in [-0.2, 0) is 6.54 Å². The van der Waals surface area contributed by atoms with Gasteiger partial charge in [0.05, 0.1) is 10.2 Å². The van der Waals surface area contributed by atoms with Crippen molar-refractivity contribution in [2.24, 2.45) is 0 Å². The number of aldehydes is 1. The van der Waals surface area contributed by atoms with Crippen molar-refractivity contribution in [2.75, 3.05) is 0 Å². The van der Waals surface area contributed by atoms with E-state index in [4.69, 9.17) is 0 Å². The molecule has 1 aromatic heterocycles. The molecule has 0 fully saturated rings. The smallest absolute Gasteiger partial charge is 0.153 e. The largest absolute Gasteiger partial charge is 0.335 e. The molecule has 1 heterocycles. The second kappa shape index (κ2) is 7.51. The van der Waals surface area contributed by atoms with E-state index in [-0.39, 0.29) is 0 Å². The highest BCUT2D eigenvalue weighted by molar-refractivity contribution is 9.10. The Morgan fingerprint density at radius 2 is 1.88 bits per heavy atom. The normalized spacial score (nSPS) is 10.4. The summed E-state index contributed by atoms with van der Waals surface area (Å²) in [6.45, 7) is 2.90. The van der Waals surface area contributed by atoms with Crippen LogP contribution in [0.25, 0.3) is 10.9 Å². The van der Waals surface area contributed by atoms with Gasteiger partial charge in [-0.1, -0.05) is 47.7 Å². The molecule has 0 unspecified atom stereocenters. The van der Waals surface area contributed by atoms with E-state index in [1.807, 2.05) is 24.3 Å². The molecule has 2 aromatic carbocycles. The maximum absolute atomic E-state index is 11.3. The summed E-state index contributed by atoms with van der Waals surface area (Å²) in [7, 11) is 0. The summed E-state index contributed by atoms with van der Waals surface area (Å²) < 4.78 is 3.00. The number of aromatic nitrogens is 1. The van der Waals surface area contributed by atoms with Gasteiger partial charge >= 0.3 is 0 Å². The van der Waals surface area contributed by atoms with Crippen molar-refractivity contribution in [1.29, 1.82) is 0 Å². The van der Waals surface area contributed by atoms with Gasteiger partial charge in [0.1, 0.15) is 0 Å². The molecular formula is C21H18BrNO. The number of nitrogens with zero attached hydrogens (tertiary/aromatic N) is 1. The molecule has 0 saturated heterocycles. The Hall–Kier alpha value is -2.31. The molecule has 0 spiro atoms. The lowest BCUT2D eigenvalue weighted by Crippen LogP contribution is -1.98. The fraction of sp³-hybridized carbons (Fsp3) is 0.190. The highest BCUT2D eigenvalue weighted by atomic mass is 79.9. The topological polar surface area (TPSA) is 22.0 Å². The van der Waals surface area contributed by atoms with Gasteiger partial charge in [-0.05, 0) is 47.5 Å². The van der Waals surface area contributed by atoms with E-state index >= 15 is 0 Å². The predicted octanol–water partition coefficient (Wildman–Crippen LogP) is 5.36. The third kappa shape index (κ3) is 3.44. The summed E-state index contributed by atoms with van der Waals surface area (Å²) in [5.74, 6) is 6.43. The summed E-state index contributed by atoms with van der Waals surface area (Å²) >= 11 is 3.56. The molecule has 3 rings (SSSR count). The highest BCUT2D eigenvalue weighted by Crippen LogP contribution is 2.29. The summed E-state index contributed by atoms with van der Waals surface area (Å²) in [5.41, 5.74) is 4.10. The van der Waals surface area contributed by atoms with Crippen LogP contribution in [0.5, 0.6) is 0 Å². The van der Waals surface area contributed by atoms with Gasteiger partial charge in [-0.2, -0.15) is 0 Å². The minimum Gasteiger partial charge on any atom is -0.335 e. The van der Waals surface area contributed by atoms with Gasteiger partial charge in [-0.25, -0.2) is 0 Å². The summed E-state index contributed by atoms with van der Waals surface area (Å²) in [6, 6.07) is 16.2. The quantitative estimate of drug-likeness (QED) is 0.339. The Balaban J connectivity index is 1.70. The average Bonchev–Trinajstić information content (AvgIpc) is 2.87. The van der Waals surface area contributed by atoms with Gasteiger partial charge in [-0.3, -0.25) is 4.79 Å². The van der Waals surface area contributed by atoms with Crippen molar-refractivity contribution < 1.29 is 4.79 Å². The summed E-state index contributed by atoms with van der Waals surface area (Å²) in [6.07, 6.45) is 2.68. The van der Waals surface area contributed by atoms with Crippen LogP contribution in [0, 0.1) is 18.8 Å². The van der Waals surface area contributed by atoms with E-state index in [1.165, 1.54) is 5.56 Å². The van der Waals surface area contributed by atoms with E-state index < -0.39 is 0 Å². The third-order valence-corrected chi connectivity index (χ3v) is 4.89. The number of aryl methyl sites for hydroxylation is 2. The maximum Gasteiger partial charge on any atom is 0.153 e. The van der Waals surface area contributed by atoms with E-state index in [0.717, 1.165) is 52.3 Å². The lowest BCUT2D eigenvalue weighted by Gasteiger charge is -2.05.